The number of ether oxygens (including phenoxy) is 2. The van der Waals surface area contributed by atoms with Crippen molar-refractivity contribution in [2.24, 2.45) is 0 Å². The van der Waals surface area contributed by atoms with E-state index in [4.69, 9.17) is 19.7 Å². The van der Waals surface area contributed by atoms with Crippen molar-refractivity contribution >= 4 is 23.4 Å². The van der Waals surface area contributed by atoms with Gasteiger partial charge in [-0.15, -0.1) is 0 Å². The van der Waals surface area contributed by atoms with Crippen molar-refractivity contribution in [3.8, 4) is 22.9 Å². The van der Waals surface area contributed by atoms with Gasteiger partial charge in [0.15, 0.2) is 0 Å². The van der Waals surface area contributed by atoms with E-state index < -0.39 is 0 Å². The summed E-state index contributed by atoms with van der Waals surface area (Å²) in [5.74, 6) is 3.46. The van der Waals surface area contributed by atoms with Crippen molar-refractivity contribution in [3.63, 3.8) is 0 Å². The summed E-state index contributed by atoms with van der Waals surface area (Å²) in [4.78, 5) is 2.30. The summed E-state index contributed by atoms with van der Waals surface area (Å²) in [6.45, 7) is 4.19. The maximum absolute atomic E-state index is 5.47. The van der Waals surface area contributed by atoms with Gasteiger partial charge in [-0.1, -0.05) is 60.7 Å². The summed E-state index contributed by atoms with van der Waals surface area (Å²) in [6, 6.07) is 36.9. The molecular weight excluding hydrogens is 546 g/mol. The van der Waals surface area contributed by atoms with Crippen LogP contribution < -0.4 is 14.4 Å². The maximum Gasteiger partial charge on any atom is 0.147 e. The molecule has 1 aliphatic heterocycles. The zero-order valence-electron chi connectivity index (χ0n) is 25.2. The van der Waals surface area contributed by atoms with Crippen LogP contribution in [0.1, 0.15) is 34.0 Å². The molecular formula is C37H33N5O2. The molecule has 7 heteroatoms. The highest BCUT2D eigenvalue weighted by Gasteiger charge is 2.40. The molecule has 2 aromatic heterocycles. The minimum atomic E-state index is -0.0841. The molecule has 0 radical (unpaired) electrons. The number of allylic oxidation sites excluding steroid dienone is 1. The molecule has 3 heterocycles. The topological polar surface area (TPSA) is 57.3 Å². The van der Waals surface area contributed by atoms with Gasteiger partial charge in [-0.3, -0.25) is 4.90 Å². The molecule has 0 unspecified atom stereocenters. The zero-order valence-corrected chi connectivity index (χ0v) is 25.2. The minimum absolute atomic E-state index is 0.0841. The molecule has 0 amide bonds. The van der Waals surface area contributed by atoms with E-state index in [1.54, 1.807) is 14.2 Å². The molecule has 0 aliphatic carbocycles. The molecule has 0 atom stereocenters. The molecule has 0 N–H and O–H groups in total. The van der Waals surface area contributed by atoms with Crippen LogP contribution in [0.4, 0.5) is 17.3 Å². The van der Waals surface area contributed by atoms with Crippen LogP contribution in [0, 0.1) is 13.8 Å². The third-order valence-corrected chi connectivity index (χ3v) is 8.14. The van der Waals surface area contributed by atoms with Crippen LogP contribution in [0.5, 0.6) is 11.5 Å². The molecule has 0 fully saturated rings. The Balaban J connectivity index is 1.53. The zero-order chi connectivity index (χ0) is 30.2. The number of anilines is 3. The third-order valence-electron chi connectivity index (χ3n) is 8.14. The van der Waals surface area contributed by atoms with Crippen LogP contribution in [0.25, 0.3) is 17.5 Å². The molecule has 6 aromatic rings. The van der Waals surface area contributed by atoms with Gasteiger partial charge in [0.05, 0.1) is 37.0 Å². The van der Waals surface area contributed by atoms with E-state index in [0.717, 1.165) is 68.3 Å². The Labute approximate surface area is 257 Å². The number of para-hydroxylation sites is 1. The first-order valence-corrected chi connectivity index (χ1v) is 14.6. The van der Waals surface area contributed by atoms with Gasteiger partial charge in [0.2, 0.25) is 0 Å². The molecule has 1 aliphatic rings. The predicted molar refractivity (Wildman–Crippen MR) is 175 cm³/mol. The second kappa shape index (κ2) is 11.3. The summed E-state index contributed by atoms with van der Waals surface area (Å²) < 4.78 is 15.0. The number of benzene rings is 4. The fourth-order valence-electron chi connectivity index (χ4n) is 6.05. The maximum atomic E-state index is 5.47. The lowest BCUT2D eigenvalue weighted by molar-refractivity contribution is 0.414. The molecule has 7 nitrogen and oxygen atoms in total. The molecule has 44 heavy (non-hydrogen) atoms. The Morgan fingerprint density at radius 1 is 0.568 bits per heavy atom. The van der Waals surface area contributed by atoms with E-state index in [-0.39, 0.29) is 5.92 Å². The van der Waals surface area contributed by atoms with E-state index >= 15 is 0 Å². The Morgan fingerprint density at radius 2 is 1.02 bits per heavy atom. The highest BCUT2D eigenvalue weighted by atomic mass is 16.5. The molecule has 0 spiro atoms. The summed E-state index contributed by atoms with van der Waals surface area (Å²) >= 11 is 0. The molecule has 7 rings (SSSR count). The van der Waals surface area contributed by atoms with Gasteiger partial charge in [-0.25, -0.2) is 9.36 Å². The molecule has 218 valence electrons. The number of aromatic nitrogens is 4. The van der Waals surface area contributed by atoms with Crippen molar-refractivity contribution < 1.29 is 9.47 Å². The number of rotatable bonds is 7. The van der Waals surface area contributed by atoms with E-state index in [2.05, 4.69) is 79.4 Å². The van der Waals surface area contributed by atoms with E-state index in [1.807, 2.05) is 70.0 Å². The number of fused-ring (bicyclic) bond motifs is 2. The van der Waals surface area contributed by atoms with Crippen LogP contribution in [0.2, 0.25) is 0 Å². The lowest BCUT2D eigenvalue weighted by atomic mass is 9.86. The highest BCUT2D eigenvalue weighted by molar-refractivity contribution is 5.85. The highest BCUT2D eigenvalue weighted by Crippen LogP contribution is 2.53. The number of hydrogen-bond acceptors (Lipinski definition) is 5. The van der Waals surface area contributed by atoms with Gasteiger partial charge in [0.1, 0.15) is 23.1 Å². The number of aryl methyl sites for hydroxylation is 2. The second-order valence-electron chi connectivity index (χ2n) is 10.8. The van der Waals surface area contributed by atoms with Crippen molar-refractivity contribution in [2.45, 2.75) is 19.8 Å². The number of hydrogen-bond donors (Lipinski definition) is 0. The first-order chi connectivity index (χ1) is 21.6. The first-order valence-electron chi connectivity index (χ1n) is 14.6. The summed E-state index contributed by atoms with van der Waals surface area (Å²) in [5, 5.41) is 10.3. The normalized spacial score (nSPS) is 12.8. The number of nitrogens with zero attached hydrogens (tertiary/aromatic N) is 5. The first kappa shape index (κ1) is 27.3. The molecule has 4 aromatic carbocycles. The number of methoxy groups -OCH3 is 2. The Bertz CT molecular complexity index is 1840. The molecule has 0 bridgehead atoms. The molecule has 0 saturated heterocycles. The standard InChI is InChI=1S/C37H33N5O2/c1-25-34-33(24-15-27-11-7-5-8-12-27)35-26(2)39-42(30-18-22-32(44-4)23-19-30)37(35)40(28-13-9-6-10-14-28)36(34)41(38-25)29-16-20-31(43-3)21-17-29/h5-24,33H,1-4H3/b24-15+. The van der Waals surface area contributed by atoms with Crippen LogP contribution in [-0.2, 0) is 0 Å². The third kappa shape index (κ3) is 4.63. The predicted octanol–water partition coefficient (Wildman–Crippen LogP) is 8.32. The SMILES string of the molecule is COc1ccc(-n2nc(C)c3c2N(c2ccccc2)c2c(c(C)nn2-c2ccc(OC)cc2)C3/C=C/c2ccccc2)cc1. The van der Waals surface area contributed by atoms with Crippen molar-refractivity contribution in [1.82, 2.24) is 19.6 Å². The lowest BCUT2D eigenvalue weighted by Crippen LogP contribution is -2.25. The second-order valence-corrected chi connectivity index (χ2v) is 10.8. The van der Waals surface area contributed by atoms with Gasteiger partial charge in [0, 0.05) is 22.7 Å². The Morgan fingerprint density at radius 3 is 1.48 bits per heavy atom. The van der Waals surface area contributed by atoms with Crippen molar-refractivity contribution in [2.75, 3.05) is 19.1 Å². The summed E-state index contributed by atoms with van der Waals surface area (Å²) in [5.41, 5.74) is 8.24. The van der Waals surface area contributed by atoms with E-state index in [0.29, 0.717) is 0 Å². The minimum Gasteiger partial charge on any atom is -0.497 e. The van der Waals surface area contributed by atoms with Gasteiger partial charge >= 0.3 is 0 Å². The smallest absolute Gasteiger partial charge is 0.147 e. The summed E-state index contributed by atoms with van der Waals surface area (Å²) in [6.07, 6.45) is 4.49. The van der Waals surface area contributed by atoms with Gasteiger partial charge in [-0.2, -0.15) is 10.2 Å². The van der Waals surface area contributed by atoms with Crippen LogP contribution in [0.3, 0.4) is 0 Å². The monoisotopic (exact) mass is 579 g/mol. The van der Waals surface area contributed by atoms with Gasteiger partial charge in [-0.05, 0) is 80.1 Å². The van der Waals surface area contributed by atoms with E-state index in [1.165, 1.54) is 0 Å². The van der Waals surface area contributed by atoms with Crippen LogP contribution in [-0.4, -0.2) is 33.8 Å². The van der Waals surface area contributed by atoms with Crippen LogP contribution >= 0.6 is 0 Å². The van der Waals surface area contributed by atoms with E-state index in [9.17, 15) is 0 Å². The largest absolute Gasteiger partial charge is 0.497 e. The average molecular weight is 580 g/mol. The van der Waals surface area contributed by atoms with Gasteiger partial charge < -0.3 is 9.47 Å². The van der Waals surface area contributed by atoms with Gasteiger partial charge in [0.25, 0.3) is 0 Å². The van der Waals surface area contributed by atoms with Crippen LogP contribution in [0.15, 0.2) is 115 Å². The fourth-order valence-corrected chi connectivity index (χ4v) is 6.05. The molecule has 0 saturated carbocycles. The quantitative estimate of drug-likeness (QED) is 0.190. The summed E-state index contributed by atoms with van der Waals surface area (Å²) in [7, 11) is 3.36. The average Bonchev–Trinajstić information content (AvgIpc) is 3.61. The van der Waals surface area contributed by atoms with Crippen molar-refractivity contribution in [3.05, 3.63) is 143 Å². The Hall–Kier alpha value is -5.56. The lowest BCUT2D eigenvalue weighted by Gasteiger charge is -2.34. The Kier molecular flexibility index (Phi) is 6.98. The fraction of sp³-hybridized carbons (Fsp3) is 0.135. The van der Waals surface area contributed by atoms with Crippen molar-refractivity contribution in [1.29, 1.82) is 0 Å².